The highest BCUT2D eigenvalue weighted by Gasteiger charge is 2.08. The van der Waals surface area contributed by atoms with Crippen LogP contribution in [0.3, 0.4) is 0 Å². The van der Waals surface area contributed by atoms with Gasteiger partial charge in [0.1, 0.15) is 5.75 Å². The van der Waals surface area contributed by atoms with Crippen LogP contribution < -0.4 is 15.9 Å². The standard InChI is InChI=1S/C14H15BrN2O3/c1-8-9(2)14(19)17(16-13(8)18)7-10-4-5-12(20-3)11(15)6-10/h4-6H,7H2,1-3H3,(H,16,18). The molecule has 0 unspecified atom stereocenters. The maximum Gasteiger partial charge on any atom is 0.268 e. The maximum atomic E-state index is 12.1. The maximum absolute atomic E-state index is 12.1. The molecule has 1 N–H and O–H groups in total. The average Bonchev–Trinajstić information content (AvgIpc) is 2.42. The van der Waals surface area contributed by atoms with Crippen LogP contribution in [0.25, 0.3) is 0 Å². The van der Waals surface area contributed by atoms with Crippen LogP contribution in [0.15, 0.2) is 32.3 Å². The van der Waals surface area contributed by atoms with Gasteiger partial charge in [0.2, 0.25) is 0 Å². The van der Waals surface area contributed by atoms with Gasteiger partial charge in [-0.1, -0.05) is 6.07 Å². The van der Waals surface area contributed by atoms with Crippen molar-refractivity contribution in [1.29, 1.82) is 0 Å². The van der Waals surface area contributed by atoms with E-state index in [1.807, 2.05) is 18.2 Å². The highest BCUT2D eigenvalue weighted by Crippen LogP contribution is 2.25. The lowest BCUT2D eigenvalue weighted by atomic mass is 10.2. The van der Waals surface area contributed by atoms with E-state index in [1.165, 1.54) is 4.68 Å². The molecule has 0 amide bonds. The van der Waals surface area contributed by atoms with Crippen LogP contribution in [-0.4, -0.2) is 16.9 Å². The average molecular weight is 339 g/mol. The zero-order valence-corrected chi connectivity index (χ0v) is 13.1. The molecule has 0 saturated carbocycles. The highest BCUT2D eigenvalue weighted by atomic mass is 79.9. The van der Waals surface area contributed by atoms with Crippen LogP contribution >= 0.6 is 15.9 Å². The summed E-state index contributed by atoms with van der Waals surface area (Å²) in [6, 6.07) is 5.52. The SMILES string of the molecule is COc1ccc(Cn2[nH]c(=O)c(C)c(C)c2=O)cc1Br. The van der Waals surface area contributed by atoms with Crippen molar-refractivity contribution in [1.82, 2.24) is 9.78 Å². The molecule has 1 aromatic carbocycles. The van der Waals surface area contributed by atoms with Gasteiger partial charge >= 0.3 is 0 Å². The second-order valence-corrected chi connectivity index (χ2v) is 5.41. The Kier molecular flexibility index (Phi) is 4.13. The van der Waals surface area contributed by atoms with Crippen LogP contribution in [0, 0.1) is 13.8 Å². The molecule has 1 aromatic heterocycles. The predicted octanol–water partition coefficient (Wildman–Crippen LogP) is 1.97. The third kappa shape index (κ3) is 2.70. The van der Waals surface area contributed by atoms with E-state index in [0.29, 0.717) is 17.7 Å². The Bertz CT molecular complexity index is 762. The normalized spacial score (nSPS) is 10.6. The number of rotatable bonds is 3. The first-order valence-electron chi connectivity index (χ1n) is 6.06. The Balaban J connectivity index is 2.43. The van der Waals surface area contributed by atoms with E-state index in [1.54, 1.807) is 21.0 Å². The number of hydrogen-bond donors (Lipinski definition) is 1. The number of nitrogens with one attached hydrogen (secondary N) is 1. The summed E-state index contributed by atoms with van der Waals surface area (Å²) in [6.45, 7) is 3.61. The number of methoxy groups -OCH3 is 1. The minimum absolute atomic E-state index is 0.186. The molecular weight excluding hydrogens is 324 g/mol. The fourth-order valence-electron chi connectivity index (χ4n) is 1.89. The molecule has 2 rings (SSSR count). The van der Waals surface area contributed by atoms with Gasteiger partial charge in [0.05, 0.1) is 18.1 Å². The van der Waals surface area contributed by atoms with Crippen molar-refractivity contribution in [2.45, 2.75) is 20.4 Å². The number of H-pyrrole nitrogens is 1. The molecular formula is C14H15BrN2O3. The molecule has 0 aliphatic carbocycles. The molecule has 0 atom stereocenters. The first kappa shape index (κ1) is 14.6. The third-order valence-corrected chi connectivity index (χ3v) is 3.88. The molecule has 106 valence electrons. The van der Waals surface area contributed by atoms with Crippen molar-refractivity contribution in [3.05, 3.63) is 60.1 Å². The molecule has 0 radical (unpaired) electrons. The summed E-state index contributed by atoms with van der Waals surface area (Å²) in [6.07, 6.45) is 0. The summed E-state index contributed by atoms with van der Waals surface area (Å²) in [5, 5.41) is 2.58. The lowest BCUT2D eigenvalue weighted by Gasteiger charge is -2.10. The van der Waals surface area contributed by atoms with Crippen molar-refractivity contribution in [2.75, 3.05) is 7.11 Å². The largest absolute Gasteiger partial charge is 0.496 e. The highest BCUT2D eigenvalue weighted by molar-refractivity contribution is 9.10. The molecule has 0 saturated heterocycles. The first-order valence-corrected chi connectivity index (χ1v) is 6.86. The number of hydrogen-bond acceptors (Lipinski definition) is 3. The molecule has 6 heteroatoms. The van der Waals surface area contributed by atoms with Gasteiger partial charge in [-0.05, 0) is 47.5 Å². The monoisotopic (exact) mass is 338 g/mol. The van der Waals surface area contributed by atoms with Crippen molar-refractivity contribution < 1.29 is 4.74 Å². The van der Waals surface area contributed by atoms with Crippen molar-refractivity contribution >= 4 is 15.9 Å². The van der Waals surface area contributed by atoms with Gasteiger partial charge in [0, 0.05) is 11.1 Å². The van der Waals surface area contributed by atoms with E-state index in [2.05, 4.69) is 21.0 Å². The Morgan fingerprint density at radius 1 is 1.25 bits per heavy atom. The topological polar surface area (TPSA) is 64.1 Å². The molecule has 2 aromatic rings. The van der Waals surface area contributed by atoms with Gasteiger partial charge < -0.3 is 4.74 Å². The van der Waals surface area contributed by atoms with E-state index in [9.17, 15) is 9.59 Å². The van der Waals surface area contributed by atoms with Gasteiger partial charge in [-0.15, -0.1) is 0 Å². The van der Waals surface area contributed by atoms with Crippen molar-refractivity contribution in [2.24, 2.45) is 0 Å². The second kappa shape index (κ2) is 5.66. The Morgan fingerprint density at radius 3 is 2.55 bits per heavy atom. The summed E-state index contributed by atoms with van der Waals surface area (Å²) in [5.74, 6) is 0.717. The number of ether oxygens (including phenoxy) is 1. The van der Waals surface area contributed by atoms with Gasteiger partial charge in [0.15, 0.2) is 0 Å². The molecule has 20 heavy (non-hydrogen) atoms. The van der Waals surface area contributed by atoms with E-state index < -0.39 is 0 Å². The summed E-state index contributed by atoms with van der Waals surface area (Å²) in [4.78, 5) is 23.8. The Hall–Kier alpha value is -1.82. The molecule has 0 aliphatic heterocycles. The fraction of sp³-hybridized carbons (Fsp3) is 0.286. The summed E-state index contributed by atoms with van der Waals surface area (Å²) < 4.78 is 7.28. The number of aromatic nitrogens is 2. The molecule has 0 spiro atoms. The zero-order chi connectivity index (χ0) is 14.9. The van der Waals surface area contributed by atoms with Crippen molar-refractivity contribution in [3.63, 3.8) is 0 Å². The summed E-state index contributed by atoms with van der Waals surface area (Å²) >= 11 is 3.40. The lowest BCUT2D eigenvalue weighted by Crippen LogP contribution is -2.33. The minimum Gasteiger partial charge on any atom is -0.496 e. The number of nitrogens with zero attached hydrogens (tertiary/aromatic N) is 1. The third-order valence-electron chi connectivity index (χ3n) is 3.26. The minimum atomic E-state index is -0.241. The molecule has 1 heterocycles. The quantitative estimate of drug-likeness (QED) is 0.930. The van der Waals surface area contributed by atoms with Crippen LogP contribution in [0.2, 0.25) is 0 Å². The smallest absolute Gasteiger partial charge is 0.268 e. The predicted molar refractivity (Wildman–Crippen MR) is 80.6 cm³/mol. The lowest BCUT2D eigenvalue weighted by molar-refractivity contribution is 0.412. The number of halogens is 1. The van der Waals surface area contributed by atoms with E-state index in [4.69, 9.17) is 4.74 Å². The molecule has 0 bridgehead atoms. The van der Waals surface area contributed by atoms with Crippen LogP contribution in [0.1, 0.15) is 16.7 Å². The van der Waals surface area contributed by atoms with Crippen LogP contribution in [0.4, 0.5) is 0 Å². The Morgan fingerprint density at radius 2 is 1.95 bits per heavy atom. The van der Waals surface area contributed by atoms with E-state index in [-0.39, 0.29) is 11.1 Å². The first-order chi connectivity index (χ1) is 9.43. The van der Waals surface area contributed by atoms with E-state index in [0.717, 1.165) is 15.8 Å². The van der Waals surface area contributed by atoms with Gasteiger partial charge in [0.25, 0.3) is 11.1 Å². The van der Waals surface area contributed by atoms with Crippen molar-refractivity contribution in [3.8, 4) is 5.75 Å². The second-order valence-electron chi connectivity index (χ2n) is 4.55. The molecule has 0 fully saturated rings. The van der Waals surface area contributed by atoms with E-state index >= 15 is 0 Å². The number of benzene rings is 1. The van der Waals surface area contributed by atoms with Gasteiger partial charge in [-0.25, -0.2) is 4.68 Å². The Labute approximate surface area is 124 Å². The van der Waals surface area contributed by atoms with Crippen LogP contribution in [-0.2, 0) is 6.54 Å². The summed E-state index contributed by atoms with van der Waals surface area (Å²) in [7, 11) is 1.59. The fourth-order valence-corrected chi connectivity index (χ4v) is 2.48. The van der Waals surface area contributed by atoms with Crippen LogP contribution in [0.5, 0.6) is 5.75 Å². The number of aromatic amines is 1. The zero-order valence-electron chi connectivity index (χ0n) is 11.5. The summed E-state index contributed by atoms with van der Waals surface area (Å²) in [5.41, 5.74) is 1.39. The molecule has 5 nitrogen and oxygen atoms in total. The van der Waals surface area contributed by atoms with Gasteiger partial charge in [-0.2, -0.15) is 0 Å². The van der Waals surface area contributed by atoms with Gasteiger partial charge in [-0.3, -0.25) is 14.7 Å². The molecule has 0 aliphatic rings.